The van der Waals surface area contributed by atoms with E-state index < -0.39 is 55.0 Å². The largest absolute Gasteiger partial charge is 0.491 e. The van der Waals surface area contributed by atoms with Crippen molar-refractivity contribution in [3.8, 4) is 11.6 Å². The molecule has 6 heterocycles. The highest BCUT2D eigenvalue weighted by atomic mass is 32.2. The third-order valence-corrected chi connectivity index (χ3v) is 17.0. The highest BCUT2D eigenvalue weighted by molar-refractivity contribution is 7.90. The minimum absolute atomic E-state index is 0.00771. The van der Waals surface area contributed by atoms with Crippen molar-refractivity contribution in [2.75, 3.05) is 67.7 Å². The molecule has 0 radical (unpaired) electrons. The van der Waals surface area contributed by atoms with Crippen LogP contribution in [0, 0.1) is 27.3 Å². The summed E-state index contributed by atoms with van der Waals surface area (Å²) < 4.78 is 70.3. The highest BCUT2D eigenvalue weighted by Gasteiger charge is 2.55. The monoisotopic (exact) mass is 1010 g/mol. The Bertz CT molecular complexity index is 3000. The minimum atomic E-state index is -4.68. The van der Waals surface area contributed by atoms with Crippen molar-refractivity contribution in [3.05, 3.63) is 100.0 Å². The number of aromatic amines is 1. The smallest absolute Gasteiger partial charge is 0.293 e. The van der Waals surface area contributed by atoms with E-state index in [0.29, 0.717) is 63.0 Å². The van der Waals surface area contributed by atoms with Gasteiger partial charge in [-0.05, 0) is 114 Å². The molecule has 4 aliphatic heterocycles. The third-order valence-electron chi connectivity index (χ3n) is 15.7. The SMILES string of the molecule is CC(C)Oc1ccccc1[C@@H]1COCCN1C1CC2(C1)CN(c1ccc(C(=O)NS(=O)(=O)c3ccc(NCC4CCC(C)(O)CC4)c([N+](=O)[O-])c3)c(N3c4cc5c(F)c[nH]c5nc4O[C@H]4COCC[C@@H]43)c1)C2. The Morgan fingerprint density at radius 3 is 2.58 bits per heavy atom. The van der Waals surface area contributed by atoms with Crippen LogP contribution in [-0.2, 0) is 19.5 Å². The zero-order valence-corrected chi connectivity index (χ0v) is 41.5. The van der Waals surface area contributed by atoms with Gasteiger partial charge in [-0.3, -0.25) is 19.8 Å². The number of rotatable bonds is 13. The molecule has 382 valence electrons. The Morgan fingerprint density at radius 1 is 1.03 bits per heavy atom. The standard InChI is InChI=1S/C52H61FN8O10S/c1-31(2)70-46-7-5-4-6-36(46)45-27-69-19-17-59(45)34-23-52(24-34)29-58(30-52)33-8-10-37(42(20-33)60-41-14-18-68-28-47(41)71-50-44(60)22-38-39(53)26-55-48(38)56-50)49(62)57-72(66,67)35-9-11-40(43(21-35)61(64)65)54-25-32-12-15-51(3,63)16-13-32/h4-11,20-22,26,31-32,34,41,45,47,54,63H,12-19,23-25,27-30H2,1-3H3,(H,55,56)(H,57,62)/t32?,41-,45-,47-,51?/m0/s1. The van der Waals surface area contributed by atoms with E-state index in [0.717, 1.165) is 68.4 Å². The summed E-state index contributed by atoms with van der Waals surface area (Å²) in [5, 5.41) is 26.1. The minimum Gasteiger partial charge on any atom is -0.491 e. The Morgan fingerprint density at radius 2 is 1.81 bits per heavy atom. The predicted molar refractivity (Wildman–Crippen MR) is 267 cm³/mol. The van der Waals surface area contributed by atoms with Gasteiger partial charge in [0.05, 0.1) is 70.1 Å². The molecule has 6 aliphatic rings. The highest BCUT2D eigenvalue weighted by Crippen LogP contribution is 2.54. The molecule has 3 atom stereocenters. The number of sulfonamides is 1. The molecule has 2 aromatic heterocycles. The molecule has 18 nitrogen and oxygen atoms in total. The average Bonchev–Trinajstić information content (AvgIpc) is 3.69. The number of H-pyrrole nitrogens is 1. The van der Waals surface area contributed by atoms with Crippen molar-refractivity contribution >= 4 is 55.4 Å². The molecule has 20 heteroatoms. The lowest BCUT2D eigenvalue weighted by atomic mass is 9.59. The van der Waals surface area contributed by atoms with Gasteiger partial charge in [0.15, 0.2) is 0 Å². The van der Waals surface area contributed by atoms with Crippen LogP contribution in [0.5, 0.6) is 11.6 Å². The lowest BCUT2D eigenvalue weighted by Gasteiger charge is -2.63. The molecular formula is C52H61FN8O10S. The van der Waals surface area contributed by atoms with Crippen LogP contribution in [-0.4, -0.2) is 122 Å². The van der Waals surface area contributed by atoms with Crippen molar-refractivity contribution in [3.63, 3.8) is 0 Å². The van der Waals surface area contributed by atoms with E-state index in [2.05, 4.69) is 41.9 Å². The quantitative estimate of drug-likeness (QED) is 0.0660. The van der Waals surface area contributed by atoms with Gasteiger partial charge in [-0.15, -0.1) is 0 Å². The summed E-state index contributed by atoms with van der Waals surface area (Å²) in [4.78, 5) is 40.2. The molecule has 3 aromatic carbocycles. The van der Waals surface area contributed by atoms with E-state index in [-0.39, 0.29) is 58.2 Å². The van der Waals surface area contributed by atoms with E-state index in [4.69, 9.17) is 18.9 Å². The number of nitrogens with one attached hydrogen (secondary N) is 3. The summed E-state index contributed by atoms with van der Waals surface area (Å²) in [6.45, 7) is 10.5. The molecule has 3 saturated heterocycles. The molecule has 72 heavy (non-hydrogen) atoms. The number of carbonyl (C=O) groups is 1. The van der Waals surface area contributed by atoms with Crippen LogP contribution in [0.25, 0.3) is 11.0 Å². The van der Waals surface area contributed by atoms with Gasteiger partial charge < -0.3 is 44.2 Å². The molecule has 1 amide bonds. The number of ether oxygens (including phenoxy) is 4. The fourth-order valence-corrected chi connectivity index (χ4v) is 12.9. The summed E-state index contributed by atoms with van der Waals surface area (Å²) in [7, 11) is -4.68. The fraction of sp³-hybridized carbons (Fsp3) is 0.500. The van der Waals surface area contributed by atoms with Crippen molar-refractivity contribution in [2.24, 2.45) is 11.3 Å². The van der Waals surface area contributed by atoms with E-state index in [9.17, 15) is 28.4 Å². The number of pyridine rings is 1. The number of hydrogen-bond donors (Lipinski definition) is 4. The van der Waals surface area contributed by atoms with Crippen LogP contribution < -0.4 is 29.3 Å². The fourth-order valence-electron chi connectivity index (χ4n) is 11.9. The number of nitro groups is 1. The Labute approximate surface area is 417 Å². The Hall–Kier alpha value is -6.06. The second kappa shape index (κ2) is 18.8. The molecule has 2 aliphatic carbocycles. The summed E-state index contributed by atoms with van der Waals surface area (Å²) in [5.74, 6) is -0.236. The number of nitrogens with zero attached hydrogens (tertiary/aromatic N) is 5. The number of carbonyl (C=O) groups excluding carboxylic acids is 1. The first-order valence-electron chi connectivity index (χ1n) is 25.0. The molecule has 0 bridgehead atoms. The summed E-state index contributed by atoms with van der Waals surface area (Å²) in [5.41, 5.74) is 2.03. The van der Waals surface area contributed by atoms with Crippen molar-refractivity contribution in [1.82, 2.24) is 19.6 Å². The van der Waals surface area contributed by atoms with Gasteiger partial charge in [0.25, 0.3) is 21.6 Å². The van der Waals surface area contributed by atoms with Crippen LogP contribution in [0.2, 0.25) is 0 Å². The van der Waals surface area contributed by atoms with E-state index in [1.165, 1.54) is 18.3 Å². The molecule has 5 aromatic rings. The third kappa shape index (κ3) is 9.20. The van der Waals surface area contributed by atoms with Gasteiger partial charge in [0.2, 0.25) is 5.88 Å². The lowest BCUT2D eigenvalue weighted by Crippen LogP contribution is -2.67. The van der Waals surface area contributed by atoms with Gasteiger partial charge in [0, 0.05) is 67.8 Å². The number of morpholine rings is 1. The predicted octanol–water partition coefficient (Wildman–Crippen LogP) is 7.60. The number of benzene rings is 3. The van der Waals surface area contributed by atoms with Crippen LogP contribution in [0.4, 0.5) is 32.8 Å². The number of anilines is 4. The van der Waals surface area contributed by atoms with Crippen molar-refractivity contribution in [2.45, 2.75) is 107 Å². The van der Waals surface area contributed by atoms with E-state index >= 15 is 4.39 Å². The van der Waals surface area contributed by atoms with Crippen molar-refractivity contribution < 1.29 is 46.6 Å². The van der Waals surface area contributed by atoms with E-state index in [1.807, 2.05) is 43.0 Å². The molecule has 1 spiro atoms. The van der Waals surface area contributed by atoms with Crippen LogP contribution in [0.3, 0.4) is 0 Å². The molecule has 4 N–H and O–H groups in total. The van der Waals surface area contributed by atoms with Crippen LogP contribution in [0.1, 0.15) is 87.7 Å². The van der Waals surface area contributed by atoms with Gasteiger partial charge in [-0.2, -0.15) is 4.98 Å². The second-order valence-corrected chi connectivity index (χ2v) is 22.8. The molecule has 5 fully saturated rings. The zero-order valence-electron chi connectivity index (χ0n) is 40.6. The lowest BCUT2D eigenvalue weighted by molar-refractivity contribution is -0.384. The first-order chi connectivity index (χ1) is 34.5. The van der Waals surface area contributed by atoms with Gasteiger partial charge in [0.1, 0.15) is 34.7 Å². The topological polar surface area (TPSA) is 214 Å². The molecular weight excluding hydrogens is 948 g/mol. The maximum atomic E-state index is 15.3. The summed E-state index contributed by atoms with van der Waals surface area (Å²) in [6, 6.07) is 18.7. The maximum absolute atomic E-state index is 15.3. The number of aliphatic hydroxyl groups is 1. The number of para-hydroxylation sites is 1. The first kappa shape index (κ1) is 48.2. The summed E-state index contributed by atoms with van der Waals surface area (Å²) in [6.07, 6.45) is 5.91. The number of hydrogen-bond acceptors (Lipinski definition) is 15. The Kier molecular flexibility index (Phi) is 12.6. The Balaban J connectivity index is 0.878. The van der Waals surface area contributed by atoms with Gasteiger partial charge >= 0.3 is 0 Å². The molecule has 11 rings (SSSR count). The zero-order chi connectivity index (χ0) is 50.1. The summed E-state index contributed by atoms with van der Waals surface area (Å²) >= 11 is 0. The average molecular weight is 1010 g/mol. The number of fused-ring (bicyclic) bond motifs is 3. The number of halogens is 1. The second-order valence-electron chi connectivity index (χ2n) is 21.1. The molecule has 2 saturated carbocycles. The molecule has 0 unspecified atom stereocenters. The normalized spacial score (nSPS) is 25.2. The first-order valence-corrected chi connectivity index (χ1v) is 26.5. The number of amides is 1. The number of nitro benzene ring substituents is 1. The van der Waals surface area contributed by atoms with E-state index in [1.54, 1.807) is 19.1 Å². The number of aromatic nitrogens is 2. The van der Waals surface area contributed by atoms with Gasteiger partial charge in [-0.1, -0.05) is 18.2 Å². The maximum Gasteiger partial charge on any atom is 0.293 e. The van der Waals surface area contributed by atoms with Crippen molar-refractivity contribution in [1.29, 1.82) is 0 Å². The van der Waals surface area contributed by atoms with Crippen LogP contribution >= 0.6 is 0 Å². The van der Waals surface area contributed by atoms with Gasteiger partial charge in [-0.25, -0.2) is 17.5 Å². The van der Waals surface area contributed by atoms with Crippen LogP contribution in [0.15, 0.2) is 77.8 Å².